The van der Waals surface area contributed by atoms with Crippen LogP contribution in [0.25, 0.3) is 11.4 Å². The van der Waals surface area contributed by atoms with E-state index in [1.807, 2.05) is 16.5 Å². The number of nitrogens with zero attached hydrogens (tertiary/aromatic N) is 4. The minimum absolute atomic E-state index is 0.0517. The highest BCUT2D eigenvalue weighted by Gasteiger charge is 2.35. The zero-order valence-electron chi connectivity index (χ0n) is 20.1. The van der Waals surface area contributed by atoms with Gasteiger partial charge in [-0.15, -0.1) is 11.3 Å². The van der Waals surface area contributed by atoms with Gasteiger partial charge in [-0.1, -0.05) is 19.1 Å². The van der Waals surface area contributed by atoms with E-state index >= 15 is 0 Å². The number of hydrogen-bond donors (Lipinski definition) is 3. The molecule has 196 valence electrons. The Balaban J connectivity index is 1.24. The first-order chi connectivity index (χ1) is 18.2. The first kappa shape index (κ1) is 25.5. The summed E-state index contributed by atoms with van der Waals surface area (Å²) >= 11 is 1.64. The van der Waals surface area contributed by atoms with Crippen LogP contribution >= 0.6 is 11.3 Å². The van der Waals surface area contributed by atoms with Crippen molar-refractivity contribution in [3.05, 3.63) is 80.8 Å². The summed E-state index contributed by atoms with van der Waals surface area (Å²) in [6.45, 7) is 2.42. The molecule has 0 bridgehead atoms. The minimum atomic E-state index is -4.61. The van der Waals surface area contributed by atoms with Gasteiger partial charge in [-0.2, -0.15) is 18.3 Å². The van der Waals surface area contributed by atoms with Crippen LogP contribution in [0.15, 0.2) is 42.0 Å². The Morgan fingerprint density at radius 3 is 2.63 bits per heavy atom. The molecule has 5 rings (SSSR count). The molecule has 1 aromatic carbocycles. The van der Waals surface area contributed by atoms with E-state index < -0.39 is 23.8 Å². The minimum Gasteiger partial charge on any atom is -0.347 e. The lowest BCUT2D eigenvalue weighted by Crippen LogP contribution is -2.29. The lowest BCUT2D eigenvalue weighted by molar-refractivity contribution is -0.144. The smallest absolute Gasteiger partial charge is 0.347 e. The topological polar surface area (TPSA) is 126 Å². The Bertz CT molecular complexity index is 1500. The molecule has 13 heteroatoms. The Morgan fingerprint density at radius 1 is 1.13 bits per heavy atom. The molecule has 3 N–H and O–H groups in total. The van der Waals surface area contributed by atoms with Gasteiger partial charge in [0.25, 0.3) is 11.8 Å². The van der Waals surface area contributed by atoms with Gasteiger partial charge in [0.05, 0.1) is 6.04 Å². The van der Waals surface area contributed by atoms with E-state index in [2.05, 4.69) is 37.6 Å². The van der Waals surface area contributed by atoms with Crippen LogP contribution in [0.1, 0.15) is 67.8 Å². The van der Waals surface area contributed by atoms with Crippen LogP contribution in [-0.2, 0) is 25.6 Å². The number of carbonyl (C=O) groups is 2. The van der Waals surface area contributed by atoms with Gasteiger partial charge in [-0.3, -0.25) is 14.7 Å². The molecule has 1 aliphatic rings. The van der Waals surface area contributed by atoms with E-state index in [1.54, 1.807) is 29.5 Å². The first-order valence-corrected chi connectivity index (χ1v) is 12.7. The van der Waals surface area contributed by atoms with Crippen molar-refractivity contribution in [1.29, 1.82) is 0 Å². The number of fused-ring (bicyclic) bond motifs is 1. The molecule has 0 radical (unpaired) electrons. The van der Waals surface area contributed by atoms with Crippen LogP contribution in [0.4, 0.5) is 13.2 Å². The van der Waals surface area contributed by atoms with Crippen LogP contribution < -0.4 is 10.6 Å². The van der Waals surface area contributed by atoms with Crippen LogP contribution in [0, 0.1) is 0 Å². The number of benzene rings is 1. The summed E-state index contributed by atoms with van der Waals surface area (Å²) in [7, 11) is 0. The number of rotatable bonds is 7. The Hall–Kier alpha value is -4.13. The van der Waals surface area contributed by atoms with E-state index in [-0.39, 0.29) is 23.3 Å². The number of aromatic amines is 1. The number of aromatic nitrogens is 5. The van der Waals surface area contributed by atoms with Crippen LogP contribution in [-0.4, -0.2) is 37.0 Å². The maximum atomic E-state index is 12.9. The summed E-state index contributed by atoms with van der Waals surface area (Å²) in [4.78, 5) is 38.3. The van der Waals surface area contributed by atoms with Gasteiger partial charge in [0, 0.05) is 23.1 Å². The predicted octanol–water partition coefficient (Wildman–Crippen LogP) is 4.25. The van der Waals surface area contributed by atoms with Crippen LogP contribution in [0.5, 0.6) is 0 Å². The zero-order chi connectivity index (χ0) is 26.9. The monoisotopic (exact) mass is 541 g/mol. The molecule has 0 saturated carbocycles. The third kappa shape index (κ3) is 5.42. The number of halogens is 3. The van der Waals surface area contributed by atoms with Crippen molar-refractivity contribution in [3.63, 3.8) is 0 Å². The maximum absolute atomic E-state index is 12.9. The SMILES string of the molecule is CCc1cc(CNC(=O)c2cc(C(=O)N[C@H]3CCc4cc(-c5n[nH]c(C(F)(F)F)n5)ccc43)ncn2)cs1. The highest BCUT2D eigenvalue weighted by molar-refractivity contribution is 7.10. The number of aryl methyl sites for hydroxylation is 2. The maximum Gasteiger partial charge on any atom is 0.451 e. The fourth-order valence-electron chi connectivity index (χ4n) is 4.24. The van der Waals surface area contributed by atoms with Crippen molar-refractivity contribution in [2.75, 3.05) is 0 Å². The van der Waals surface area contributed by atoms with Gasteiger partial charge in [0.1, 0.15) is 17.7 Å². The molecule has 0 aliphatic heterocycles. The molecule has 0 unspecified atom stereocenters. The second kappa shape index (κ2) is 10.3. The van der Waals surface area contributed by atoms with Gasteiger partial charge in [0.2, 0.25) is 5.82 Å². The highest BCUT2D eigenvalue weighted by atomic mass is 32.1. The summed E-state index contributed by atoms with van der Waals surface area (Å²) in [6, 6.07) is 8.17. The van der Waals surface area contributed by atoms with Crippen molar-refractivity contribution in [2.45, 2.75) is 44.9 Å². The summed E-state index contributed by atoms with van der Waals surface area (Å²) in [5, 5.41) is 13.3. The third-order valence-electron chi connectivity index (χ3n) is 6.18. The fourth-order valence-corrected chi connectivity index (χ4v) is 5.08. The molecule has 2 amide bonds. The largest absolute Gasteiger partial charge is 0.451 e. The second-order valence-electron chi connectivity index (χ2n) is 8.73. The number of nitrogens with one attached hydrogen (secondary N) is 3. The van der Waals surface area contributed by atoms with Gasteiger partial charge < -0.3 is 10.6 Å². The highest BCUT2D eigenvalue weighted by Crippen LogP contribution is 2.34. The van der Waals surface area contributed by atoms with Crippen molar-refractivity contribution in [3.8, 4) is 11.4 Å². The Morgan fingerprint density at radius 2 is 1.92 bits per heavy atom. The lowest BCUT2D eigenvalue weighted by Gasteiger charge is -2.14. The second-order valence-corrected chi connectivity index (χ2v) is 9.73. The molecule has 0 spiro atoms. The Kier molecular flexibility index (Phi) is 6.93. The molecule has 3 heterocycles. The van der Waals surface area contributed by atoms with Crippen molar-refractivity contribution in [1.82, 2.24) is 35.8 Å². The summed E-state index contributed by atoms with van der Waals surface area (Å²) in [6.07, 6.45) is -1.29. The number of amides is 2. The number of thiophene rings is 1. The van der Waals surface area contributed by atoms with Gasteiger partial charge in [-0.05, 0) is 53.5 Å². The quantitative estimate of drug-likeness (QED) is 0.321. The van der Waals surface area contributed by atoms with E-state index in [0.717, 1.165) is 23.1 Å². The standard InChI is InChI=1S/C25H22F3N7O2S/c1-2-16-7-13(11-38-16)10-29-22(36)19-9-20(31-12-30-19)23(37)32-18-6-4-14-8-15(3-5-17(14)18)21-33-24(35-34-21)25(26,27)28/h3,5,7-9,11-12,18H,2,4,6,10H2,1H3,(H,29,36)(H,32,37)(H,33,34,35)/t18-/m0/s1. The first-order valence-electron chi connectivity index (χ1n) is 11.8. The van der Waals surface area contributed by atoms with E-state index in [0.29, 0.717) is 24.9 Å². The van der Waals surface area contributed by atoms with Gasteiger partial charge in [0.15, 0.2) is 5.82 Å². The molecule has 4 aromatic rings. The normalized spacial score (nSPS) is 14.8. The molecule has 3 aromatic heterocycles. The van der Waals surface area contributed by atoms with E-state index in [4.69, 9.17) is 0 Å². The molecule has 0 fully saturated rings. The predicted molar refractivity (Wildman–Crippen MR) is 132 cm³/mol. The molecule has 1 atom stereocenters. The number of hydrogen-bond acceptors (Lipinski definition) is 7. The summed E-state index contributed by atoms with van der Waals surface area (Å²) < 4.78 is 38.5. The van der Waals surface area contributed by atoms with Crippen molar-refractivity contribution < 1.29 is 22.8 Å². The third-order valence-corrected chi connectivity index (χ3v) is 7.31. The zero-order valence-corrected chi connectivity index (χ0v) is 20.9. The fraction of sp³-hybridized carbons (Fsp3) is 0.280. The molecule has 1 aliphatic carbocycles. The van der Waals surface area contributed by atoms with Crippen molar-refractivity contribution in [2.24, 2.45) is 0 Å². The summed E-state index contributed by atoms with van der Waals surface area (Å²) in [5.74, 6) is -2.08. The number of alkyl halides is 3. The van der Waals surface area contributed by atoms with Gasteiger partial charge in [-0.25, -0.2) is 15.0 Å². The summed E-state index contributed by atoms with van der Waals surface area (Å²) in [5.41, 5.74) is 3.31. The average Bonchev–Trinajstić information content (AvgIpc) is 3.67. The van der Waals surface area contributed by atoms with Crippen molar-refractivity contribution >= 4 is 23.2 Å². The van der Waals surface area contributed by atoms with E-state index in [1.165, 1.54) is 17.3 Å². The molecule has 38 heavy (non-hydrogen) atoms. The van der Waals surface area contributed by atoms with E-state index in [9.17, 15) is 22.8 Å². The molecular formula is C25H22F3N7O2S. The average molecular weight is 542 g/mol. The van der Waals surface area contributed by atoms with Crippen LogP contribution in [0.2, 0.25) is 0 Å². The molecule has 9 nitrogen and oxygen atoms in total. The molecule has 0 saturated heterocycles. The molecular weight excluding hydrogens is 519 g/mol. The van der Waals surface area contributed by atoms with Gasteiger partial charge >= 0.3 is 6.18 Å². The Labute approximate surface area is 218 Å². The number of carbonyl (C=O) groups excluding carboxylic acids is 2. The lowest BCUT2D eigenvalue weighted by atomic mass is 10.0. The van der Waals surface area contributed by atoms with Crippen LogP contribution in [0.3, 0.4) is 0 Å². The number of H-pyrrole nitrogens is 1.